The first kappa shape index (κ1) is 17.4. The predicted octanol–water partition coefficient (Wildman–Crippen LogP) is 3.01. The maximum atomic E-state index is 12.8. The Bertz CT molecular complexity index is 1120. The van der Waals surface area contributed by atoms with E-state index in [1.54, 1.807) is 24.3 Å². The van der Waals surface area contributed by atoms with Gasteiger partial charge in [-0.25, -0.2) is 8.42 Å². The molecule has 6 nitrogen and oxygen atoms in total. The molecule has 0 spiro atoms. The van der Waals surface area contributed by atoms with E-state index in [-0.39, 0.29) is 6.54 Å². The molecule has 0 aliphatic carbocycles. The second kappa shape index (κ2) is 6.59. The number of nitrogens with zero attached hydrogens (tertiary/aromatic N) is 1. The number of fused-ring (bicyclic) bond motifs is 2. The smallest absolute Gasteiger partial charge is 0.267 e. The van der Waals surface area contributed by atoms with Crippen LogP contribution in [0.1, 0.15) is 0 Å². The number of sulfonamides is 1. The summed E-state index contributed by atoms with van der Waals surface area (Å²) < 4.78 is 31.4. The van der Waals surface area contributed by atoms with E-state index in [2.05, 4.69) is 5.32 Å². The highest BCUT2D eigenvalue weighted by Gasteiger charge is 2.34. The Morgan fingerprint density at radius 1 is 1.04 bits per heavy atom. The minimum Gasteiger partial charge on any atom is -0.476 e. The minimum absolute atomic E-state index is 0.0769. The molecule has 0 saturated heterocycles. The topological polar surface area (TPSA) is 75.7 Å². The average Bonchev–Trinajstić information content (AvgIpc) is 2.66. The first-order valence-electron chi connectivity index (χ1n) is 8.45. The van der Waals surface area contributed by atoms with Crippen molar-refractivity contribution in [2.75, 3.05) is 22.4 Å². The Balaban J connectivity index is 1.65. The SMILES string of the molecule is CS(=O)(=O)N1CC(C(=O)Nc2cccc3ccccc23)Oc2ccccc21. The van der Waals surface area contributed by atoms with E-state index in [1.165, 1.54) is 4.31 Å². The molecule has 3 aromatic rings. The number of benzene rings is 3. The molecule has 0 radical (unpaired) electrons. The molecular weight excluding hydrogens is 364 g/mol. The number of ether oxygens (including phenoxy) is 1. The maximum Gasteiger partial charge on any atom is 0.267 e. The Hall–Kier alpha value is -3.06. The standard InChI is InChI=1S/C20H18N2O4S/c1-27(24,25)22-13-19(26-18-12-5-4-11-17(18)22)20(23)21-16-10-6-8-14-7-2-3-9-15(14)16/h2-12,19H,13H2,1H3,(H,21,23). The van der Waals surface area contributed by atoms with Gasteiger partial charge in [0.25, 0.3) is 5.91 Å². The van der Waals surface area contributed by atoms with Crippen molar-refractivity contribution in [2.24, 2.45) is 0 Å². The number of carbonyl (C=O) groups is 1. The lowest BCUT2D eigenvalue weighted by Crippen LogP contribution is -2.48. The lowest BCUT2D eigenvalue weighted by Gasteiger charge is -2.33. The van der Waals surface area contributed by atoms with Crippen molar-refractivity contribution >= 4 is 38.1 Å². The second-order valence-electron chi connectivity index (χ2n) is 6.38. The van der Waals surface area contributed by atoms with Gasteiger partial charge in [0.1, 0.15) is 5.75 Å². The van der Waals surface area contributed by atoms with Gasteiger partial charge in [0.2, 0.25) is 10.0 Å². The Labute approximate surface area is 157 Å². The molecule has 4 rings (SSSR count). The van der Waals surface area contributed by atoms with Crippen LogP contribution in [0.5, 0.6) is 5.75 Å². The predicted molar refractivity (Wildman–Crippen MR) is 106 cm³/mol. The van der Waals surface area contributed by atoms with Crippen molar-refractivity contribution in [3.63, 3.8) is 0 Å². The highest BCUT2D eigenvalue weighted by molar-refractivity contribution is 7.92. The van der Waals surface area contributed by atoms with Gasteiger partial charge < -0.3 is 10.1 Å². The largest absolute Gasteiger partial charge is 0.476 e. The lowest BCUT2D eigenvalue weighted by molar-refractivity contribution is -0.122. The molecule has 3 aromatic carbocycles. The number of nitrogens with one attached hydrogen (secondary N) is 1. The summed E-state index contributed by atoms with van der Waals surface area (Å²) in [4.78, 5) is 12.8. The van der Waals surface area contributed by atoms with Crippen LogP contribution in [0.3, 0.4) is 0 Å². The summed E-state index contributed by atoms with van der Waals surface area (Å²) in [6.07, 6.45) is 0.169. The third kappa shape index (κ3) is 3.33. The van der Waals surface area contributed by atoms with Gasteiger partial charge >= 0.3 is 0 Å². The quantitative estimate of drug-likeness (QED) is 0.756. The van der Waals surface area contributed by atoms with Crippen molar-refractivity contribution in [1.29, 1.82) is 0 Å². The van der Waals surface area contributed by atoms with Gasteiger partial charge in [0, 0.05) is 11.1 Å². The molecule has 0 bridgehead atoms. The van der Waals surface area contributed by atoms with Crippen LogP contribution in [-0.4, -0.2) is 33.2 Å². The first-order valence-corrected chi connectivity index (χ1v) is 10.3. The Kier molecular flexibility index (Phi) is 4.24. The van der Waals surface area contributed by atoms with E-state index in [0.717, 1.165) is 17.0 Å². The maximum absolute atomic E-state index is 12.8. The highest BCUT2D eigenvalue weighted by Crippen LogP contribution is 2.35. The first-order chi connectivity index (χ1) is 12.9. The number of carbonyl (C=O) groups excluding carboxylic acids is 1. The number of rotatable bonds is 3. The highest BCUT2D eigenvalue weighted by atomic mass is 32.2. The summed E-state index contributed by atoms with van der Waals surface area (Å²) in [6, 6.07) is 20.1. The zero-order valence-electron chi connectivity index (χ0n) is 14.6. The van der Waals surface area contributed by atoms with E-state index in [4.69, 9.17) is 4.74 Å². The van der Waals surface area contributed by atoms with Gasteiger partial charge in [-0.1, -0.05) is 48.5 Å². The van der Waals surface area contributed by atoms with E-state index in [0.29, 0.717) is 17.1 Å². The molecule has 138 valence electrons. The molecular formula is C20H18N2O4S. The van der Waals surface area contributed by atoms with Crippen LogP contribution in [0.15, 0.2) is 66.7 Å². The monoisotopic (exact) mass is 382 g/mol. The lowest BCUT2D eigenvalue weighted by atomic mass is 10.1. The van der Waals surface area contributed by atoms with Gasteiger partial charge in [0.05, 0.1) is 18.5 Å². The molecule has 1 amide bonds. The van der Waals surface area contributed by atoms with Crippen molar-refractivity contribution in [3.8, 4) is 5.75 Å². The number of anilines is 2. The number of hydrogen-bond acceptors (Lipinski definition) is 4. The fourth-order valence-electron chi connectivity index (χ4n) is 3.20. The van der Waals surface area contributed by atoms with Gasteiger partial charge in [-0.05, 0) is 23.6 Å². The minimum atomic E-state index is -3.54. The van der Waals surface area contributed by atoms with Gasteiger partial charge in [-0.15, -0.1) is 0 Å². The number of amides is 1. The van der Waals surface area contributed by atoms with Crippen molar-refractivity contribution in [3.05, 3.63) is 66.7 Å². The molecule has 1 N–H and O–H groups in total. The van der Waals surface area contributed by atoms with Crippen LogP contribution >= 0.6 is 0 Å². The fraction of sp³-hybridized carbons (Fsp3) is 0.150. The number of para-hydroxylation sites is 2. The molecule has 1 aliphatic heterocycles. The molecule has 7 heteroatoms. The molecule has 1 unspecified atom stereocenters. The van der Waals surface area contributed by atoms with Crippen LogP contribution in [0, 0.1) is 0 Å². The Morgan fingerprint density at radius 2 is 1.74 bits per heavy atom. The molecule has 0 fully saturated rings. The summed E-state index contributed by atoms with van der Waals surface area (Å²) in [5.41, 5.74) is 1.10. The van der Waals surface area contributed by atoms with Crippen LogP contribution in [0.2, 0.25) is 0 Å². The Morgan fingerprint density at radius 3 is 2.56 bits per heavy atom. The summed E-state index contributed by atoms with van der Waals surface area (Å²) in [7, 11) is -3.54. The number of hydrogen-bond donors (Lipinski definition) is 1. The van der Waals surface area contributed by atoms with E-state index in [1.807, 2.05) is 42.5 Å². The summed E-state index contributed by atoms with van der Waals surface area (Å²) >= 11 is 0. The summed E-state index contributed by atoms with van der Waals surface area (Å²) in [5.74, 6) is -0.0262. The van der Waals surface area contributed by atoms with Crippen molar-refractivity contribution in [2.45, 2.75) is 6.10 Å². The molecule has 1 atom stereocenters. The molecule has 1 aliphatic rings. The molecule has 27 heavy (non-hydrogen) atoms. The third-order valence-electron chi connectivity index (χ3n) is 4.48. The van der Waals surface area contributed by atoms with E-state index < -0.39 is 22.0 Å². The molecule has 0 aromatic heterocycles. The van der Waals surface area contributed by atoms with Gasteiger partial charge in [-0.2, -0.15) is 0 Å². The van der Waals surface area contributed by atoms with Crippen LogP contribution < -0.4 is 14.4 Å². The summed E-state index contributed by atoms with van der Waals surface area (Å²) in [5, 5.41) is 4.78. The van der Waals surface area contributed by atoms with Gasteiger partial charge in [-0.3, -0.25) is 9.10 Å². The average molecular weight is 382 g/mol. The van der Waals surface area contributed by atoms with Crippen LogP contribution in [-0.2, 0) is 14.8 Å². The van der Waals surface area contributed by atoms with Crippen molar-refractivity contribution < 1.29 is 17.9 Å². The zero-order chi connectivity index (χ0) is 19.0. The fourth-order valence-corrected chi connectivity index (χ4v) is 4.11. The molecule has 0 saturated carbocycles. The zero-order valence-corrected chi connectivity index (χ0v) is 15.4. The van der Waals surface area contributed by atoms with Crippen molar-refractivity contribution in [1.82, 2.24) is 0 Å². The van der Waals surface area contributed by atoms with Gasteiger partial charge in [0.15, 0.2) is 6.10 Å². The second-order valence-corrected chi connectivity index (χ2v) is 8.29. The summed E-state index contributed by atoms with van der Waals surface area (Å²) in [6.45, 7) is -0.0769. The normalized spacial score (nSPS) is 16.5. The third-order valence-corrected chi connectivity index (χ3v) is 5.62. The van der Waals surface area contributed by atoms with Crippen LogP contribution in [0.25, 0.3) is 10.8 Å². The van der Waals surface area contributed by atoms with Crippen LogP contribution in [0.4, 0.5) is 11.4 Å². The van der Waals surface area contributed by atoms with E-state index >= 15 is 0 Å². The molecule has 1 heterocycles. The van der Waals surface area contributed by atoms with E-state index in [9.17, 15) is 13.2 Å².